The molecule has 1 aromatic heterocycles. The summed E-state index contributed by atoms with van der Waals surface area (Å²) < 4.78 is 0. The van der Waals surface area contributed by atoms with Gasteiger partial charge in [-0.2, -0.15) is 11.8 Å². The van der Waals surface area contributed by atoms with Crippen molar-refractivity contribution in [2.75, 3.05) is 24.2 Å². The van der Waals surface area contributed by atoms with Crippen LogP contribution in [0.5, 0.6) is 0 Å². The number of carbonyl (C=O) groups is 1. The van der Waals surface area contributed by atoms with E-state index < -0.39 is 0 Å². The molecule has 0 unspecified atom stereocenters. The van der Waals surface area contributed by atoms with Crippen molar-refractivity contribution in [3.63, 3.8) is 0 Å². The number of aryl methyl sites for hydroxylation is 1. The van der Waals surface area contributed by atoms with Crippen LogP contribution in [0.2, 0.25) is 0 Å². The van der Waals surface area contributed by atoms with Crippen LogP contribution >= 0.6 is 23.1 Å². The molecule has 1 fully saturated rings. The molecule has 1 N–H and O–H groups in total. The molecule has 6 heteroatoms. The Kier molecular flexibility index (Phi) is 4.50. The first-order chi connectivity index (χ1) is 8.56. The number of thioether (sulfide) groups is 1. The topological polar surface area (TPSA) is 45.2 Å². The highest BCUT2D eigenvalue weighted by molar-refractivity contribution is 8.00. The minimum atomic E-state index is -0.0182. The van der Waals surface area contributed by atoms with Crippen LogP contribution in [0.4, 0.5) is 9.93 Å². The number of urea groups is 1. The summed E-state index contributed by atoms with van der Waals surface area (Å²) in [6, 6.07) is -0.0182. The SMILES string of the molecule is Cc1csc(NC(=O)N2CCS[C@H](C(C)C)C2)n1. The Balaban J connectivity index is 1.92. The standard InChI is InChI=1S/C12H19N3OS2/c1-8(2)10-6-15(4-5-17-10)12(16)14-11-13-9(3)7-18-11/h7-8,10H,4-6H2,1-3H3,(H,13,14,16)/t10-/m0/s1. The highest BCUT2D eigenvalue weighted by atomic mass is 32.2. The first-order valence-corrected chi connectivity index (χ1v) is 8.08. The van der Waals surface area contributed by atoms with Gasteiger partial charge in [0.05, 0.1) is 5.69 Å². The summed E-state index contributed by atoms with van der Waals surface area (Å²) in [5.41, 5.74) is 0.949. The third-order valence-corrected chi connectivity index (χ3v) is 5.37. The molecule has 0 saturated carbocycles. The van der Waals surface area contributed by atoms with Gasteiger partial charge >= 0.3 is 6.03 Å². The molecule has 0 aliphatic carbocycles. The third-order valence-electron chi connectivity index (χ3n) is 2.96. The zero-order valence-electron chi connectivity index (χ0n) is 11.0. The molecule has 1 atom stereocenters. The van der Waals surface area contributed by atoms with Crippen molar-refractivity contribution in [2.24, 2.45) is 5.92 Å². The maximum absolute atomic E-state index is 12.1. The fourth-order valence-corrected chi connectivity index (χ4v) is 3.82. The second kappa shape index (κ2) is 5.93. The molecule has 100 valence electrons. The Hall–Kier alpha value is -0.750. The van der Waals surface area contributed by atoms with E-state index in [0.717, 1.165) is 24.5 Å². The van der Waals surface area contributed by atoms with E-state index in [1.807, 2.05) is 29.0 Å². The van der Waals surface area contributed by atoms with E-state index >= 15 is 0 Å². The van der Waals surface area contributed by atoms with Crippen LogP contribution in [0.25, 0.3) is 0 Å². The number of carbonyl (C=O) groups excluding carboxylic acids is 1. The number of thiazole rings is 1. The molecule has 1 aliphatic heterocycles. The van der Waals surface area contributed by atoms with Crippen molar-refractivity contribution in [2.45, 2.75) is 26.0 Å². The van der Waals surface area contributed by atoms with Crippen molar-refractivity contribution in [1.82, 2.24) is 9.88 Å². The third kappa shape index (κ3) is 3.38. The normalized spacial score (nSPS) is 20.2. The summed E-state index contributed by atoms with van der Waals surface area (Å²) in [6.07, 6.45) is 0. The van der Waals surface area contributed by atoms with E-state index in [9.17, 15) is 4.79 Å². The molecule has 4 nitrogen and oxygen atoms in total. The van der Waals surface area contributed by atoms with Gasteiger partial charge < -0.3 is 4.90 Å². The van der Waals surface area contributed by atoms with Crippen molar-refractivity contribution >= 4 is 34.3 Å². The summed E-state index contributed by atoms with van der Waals surface area (Å²) in [5, 5.41) is 6.06. The zero-order valence-corrected chi connectivity index (χ0v) is 12.6. The van der Waals surface area contributed by atoms with Crippen LogP contribution in [0.3, 0.4) is 0 Å². The van der Waals surface area contributed by atoms with Gasteiger partial charge in [0.1, 0.15) is 0 Å². The number of nitrogens with one attached hydrogen (secondary N) is 1. The Morgan fingerprint density at radius 3 is 3.00 bits per heavy atom. The second-order valence-corrected chi connectivity index (χ2v) is 7.03. The van der Waals surface area contributed by atoms with Gasteiger partial charge in [-0.3, -0.25) is 5.32 Å². The van der Waals surface area contributed by atoms with Gasteiger partial charge in [-0.1, -0.05) is 13.8 Å². The largest absolute Gasteiger partial charge is 0.323 e. The monoisotopic (exact) mass is 285 g/mol. The van der Waals surface area contributed by atoms with Crippen molar-refractivity contribution in [3.05, 3.63) is 11.1 Å². The quantitative estimate of drug-likeness (QED) is 0.908. The predicted octanol–water partition coefficient (Wildman–Crippen LogP) is 3.06. The summed E-state index contributed by atoms with van der Waals surface area (Å²) in [5.74, 6) is 1.63. The molecular weight excluding hydrogens is 266 g/mol. The molecule has 2 amide bonds. The Morgan fingerprint density at radius 2 is 2.39 bits per heavy atom. The lowest BCUT2D eigenvalue weighted by atomic mass is 10.1. The lowest BCUT2D eigenvalue weighted by Crippen LogP contribution is -2.45. The van der Waals surface area contributed by atoms with E-state index in [4.69, 9.17) is 0 Å². The molecule has 1 saturated heterocycles. The first-order valence-electron chi connectivity index (χ1n) is 6.16. The van der Waals surface area contributed by atoms with Gasteiger partial charge in [0.15, 0.2) is 5.13 Å². The molecule has 2 rings (SSSR count). The van der Waals surface area contributed by atoms with Crippen LogP contribution in [-0.4, -0.2) is 40.0 Å². The predicted molar refractivity (Wildman–Crippen MR) is 78.5 cm³/mol. The van der Waals surface area contributed by atoms with E-state index in [1.54, 1.807) is 0 Å². The molecule has 0 aromatic carbocycles. The molecule has 1 aromatic rings. The van der Waals surface area contributed by atoms with Crippen LogP contribution in [-0.2, 0) is 0 Å². The summed E-state index contributed by atoms with van der Waals surface area (Å²) >= 11 is 3.44. The Bertz CT molecular complexity index is 419. The minimum Gasteiger partial charge on any atom is -0.323 e. The van der Waals surface area contributed by atoms with Crippen LogP contribution < -0.4 is 5.32 Å². The van der Waals surface area contributed by atoms with E-state index in [1.165, 1.54) is 11.3 Å². The van der Waals surface area contributed by atoms with Gasteiger partial charge in [-0.15, -0.1) is 11.3 Å². The zero-order chi connectivity index (χ0) is 13.1. The average Bonchev–Trinajstić information content (AvgIpc) is 2.75. The van der Waals surface area contributed by atoms with E-state index in [-0.39, 0.29) is 6.03 Å². The van der Waals surface area contributed by atoms with Gasteiger partial charge in [-0.25, -0.2) is 9.78 Å². The second-order valence-electron chi connectivity index (χ2n) is 4.82. The van der Waals surface area contributed by atoms with E-state index in [2.05, 4.69) is 24.1 Å². The molecule has 0 bridgehead atoms. The van der Waals surface area contributed by atoms with Gasteiger partial charge in [0.25, 0.3) is 0 Å². The molecular formula is C12H19N3OS2. The van der Waals surface area contributed by atoms with Gasteiger partial charge in [-0.05, 0) is 12.8 Å². The highest BCUT2D eigenvalue weighted by Gasteiger charge is 2.26. The lowest BCUT2D eigenvalue weighted by molar-refractivity contribution is 0.211. The summed E-state index contributed by atoms with van der Waals surface area (Å²) in [4.78, 5) is 18.3. The van der Waals surface area contributed by atoms with Crippen LogP contribution in [0.1, 0.15) is 19.5 Å². The van der Waals surface area contributed by atoms with Crippen LogP contribution in [0, 0.1) is 12.8 Å². The number of nitrogens with zero attached hydrogens (tertiary/aromatic N) is 2. The highest BCUT2D eigenvalue weighted by Crippen LogP contribution is 2.25. The Morgan fingerprint density at radius 1 is 1.61 bits per heavy atom. The average molecular weight is 285 g/mol. The smallest absolute Gasteiger partial charge is 0.323 e. The number of hydrogen-bond acceptors (Lipinski definition) is 4. The maximum atomic E-state index is 12.1. The molecule has 2 heterocycles. The van der Waals surface area contributed by atoms with Crippen molar-refractivity contribution in [1.29, 1.82) is 0 Å². The molecule has 1 aliphatic rings. The lowest BCUT2D eigenvalue weighted by Gasteiger charge is -2.34. The number of aromatic nitrogens is 1. The fourth-order valence-electron chi connectivity index (χ4n) is 1.85. The first kappa shape index (κ1) is 13.7. The molecule has 0 spiro atoms. The summed E-state index contributed by atoms with van der Waals surface area (Å²) in [6.45, 7) is 8.01. The summed E-state index contributed by atoms with van der Waals surface area (Å²) in [7, 11) is 0. The minimum absolute atomic E-state index is 0.0182. The van der Waals surface area contributed by atoms with E-state index in [0.29, 0.717) is 16.3 Å². The fraction of sp³-hybridized carbons (Fsp3) is 0.667. The van der Waals surface area contributed by atoms with Crippen LogP contribution in [0.15, 0.2) is 5.38 Å². The van der Waals surface area contributed by atoms with Gasteiger partial charge in [0, 0.05) is 29.5 Å². The number of amides is 2. The molecule has 18 heavy (non-hydrogen) atoms. The maximum Gasteiger partial charge on any atom is 0.323 e. The van der Waals surface area contributed by atoms with Crippen molar-refractivity contribution < 1.29 is 4.79 Å². The van der Waals surface area contributed by atoms with Crippen molar-refractivity contribution in [3.8, 4) is 0 Å². The number of anilines is 1. The number of rotatable bonds is 2. The Labute approximate surface area is 116 Å². The molecule has 0 radical (unpaired) electrons. The number of hydrogen-bond donors (Lipinski definition) is 1. The van der Waals surface area contributed by atoms with Gasteiger partial charge in [0.2, 0.25) is 0 Å².